The van der Waals surface area contributed by atoms with E-state index in [2.05, 4.69) is 80.7 Å². The maximum Gasteiger partial charge on any atom is 0.0790 e. The first-order valence-electron chi connectivity index (χ1n) is 13.5. The monoisotopic (exact) mass is 516 g/mol. The minimum Gasteiger partial charge on any atom is -0.334 e. The van der Waals surface area contributed by atoms with E-state index in [1.54, 1.807) is 0 Å². The van der Waals surface area contributed by atoms with Gasteiger partial charge in [0.1, 0.15) is 0 Å². The summed E-state index contributed by atoms with van der Waals surface area (Å²) in [6.07, 6.45) is 0. The van der Waals surface area contributed by atoms with Crippen molar-refractivity contribution >= 4 is 33.4 Å². The molecule has 0 atom stereocenters. The van der Waals surface area contributed by atoms with Crippen molar-refractivity contribution in [2.75, 3.05) is 66.5 Å². The van der Waals surface area contributed by atoms with Crippen LogP contribution in [0.5, 0.6) is 0 Å². The quantitative estimate of drug-likeness (QED) is 0.379. The molecular weight excluding hydrogens is 480 g/mol. The van der Waals surface area contributed by atoms with E-state index >= 15 is 0 Å². The van der Waals surface area contributed by atoms with Crippen LogP contribution in [0.4, 0.5) is 0 Å². The first-order chi connectivity index (χ1) is 18.0. The molecule has 0 unspecified atom stereocenters. The normalized spacial score (nSPS) is 18.8. The molecule has 0 bridgehead atoms. The maximum absolute atomic E-state index is 6.38. The van der Waals surface area contributed by atoms with Crippen molar-refractivity contribution in [2.24, 2.45) is 0 Å². The third-order valence-corrected chi connectivity index (χ3v) is 8.29. The van der Waals surface area contributed by atoms with Crippen LogP contribution < -0.4 is 0 Å². The number of piperazine rings is 2. The molecule has 2 saturated heterocycles. The third-order valence-electron chi connectivity index (χ3n) is 8.05. The Balaban J connectivity index is 1.46. The molecule has 6 rings (SSSR count). The molecule has 0 spiro atoms. The lowest BCUT2D eigenvalue weighted by atomic mass is 10.1. The van der Waals surface area contributed by atoms with E-state index in [0.29, 0.717) is 0 Å². The first kappa shape index (κ1) is 24.8. The number of fused-ring (bicyclic) bond motifs is 3. The van der Waals surface area contributed by atoms with Gasteiger partial charge < -0.3 is 14.4 Å². The van der Waals surface area contributed by atoms with Crippen LogP contribution in [0.1, 0.15) is 17.0 Å². The predicted octanol–water partition coefficient (Wildman–Crippen LogP) is 4.39. The zero-order valence-corrected chi connectivity index (χ0v) is 22.8. The zero-order valence-electron chi connectivity index (χ0n) is 22.0. The summed E-state index contributed by atoms with van der Waals surface area (Å²) in [5.41, 5.74) is 6.12. The standard InChI is InChI=1S/C30H37ClN6/c1-33-10-14-35(15-11-33)21-25-19-27-26-8-3-4-9-29(26)37(20-23-6-5-7-24(31)18-23)30(27)28(32-25)22-36-16-12-34(2)13-17-36/h3-9,18-19H,10-17,20-22H2,1-2H3. The molecule has 0 aliphatic carbocycles. The summed E-state index contributed by atoms with van der Waals surface area (Å²) in [6.45, 7) is 11.4. The SMILES string of the molecule is CN1CCN(Cc2cc3c4ccccc4n(Cc4cccc(Cl)c4)c3c(CN3CCN(C)CC3)n2)CC1. The number of hydrogen-bond donors (Lipinski definition) is 0. The van der Waals surface area contributed by atoms with Gasteiger partial charge in [-0.2, -0.15) is 0 Å². The predicted molar refractivity (Wildman–Crippen MR) is 153 cm³/mol. The van der Waals surface area contributed by atoms with E-state index in [0.717, 1.165) is 77.0 Å². The first-order valence-corrected chi connectivity index (χ1v) is 13.9. The van der Waals surface area contributed by atoms with Gasteiger partial charge in [0.15, 0.2) is 0 Å². The van der Waals surface area contributed by atoms with Crippen LogP contribution in [0.15, 0.2) is 54.6 Å². The average Bonchev–Trinajstić information content (AvgIpc) is 3.20. The molecule has 0 radical (unpaired) electrons. The minimum atomic E-state index is 0.778. The van der Waals surface area contributed by atoms with Crippen molar-refractivity contribution < 1.29 is 0 Å². The molecule has 0 N–H and O–H groups in total. The van der Waals surface area contributed by atoms with Gasteiger partial charge in [-0.05, 0) is 43.9 Å². The Hall–Kier alpha value is -2.48. The second-order valence-corrected chi connectivity index (χ2v) is 11.3. The maximum atomic E-state index is 6.38. The summed E-state index contributed by atoms with van der Waals surface area (Å²) < 4.78 is 2.47. The summed E-state index contributed by atoms with van der Waals surface area (Å²) in [5, 5.41) is 3.41. The highest BCUT2D eigenvalue weighted by Gasteiger charge is 2.22. The summed E-state index contributed by atoms with van der Waals surface area (Å²) in [4.78, 5) is 15.3. The number of para-hydroxylation sites is 1. The van der Waals surface area contributed by atoms with Crippen molar-refractivity contribution in [3.8, 4) is 0 Å². The van der Waals surface area contributed by atoms with Crippen LogP contribution in [0.3, 0.4) is 0 Å². The summed E-state index contributed by atoms with van der Waals surface area (Å²) in [7, 11) is 4.43. The Bertz CT molecular complexity index is 1380. The Kier molecular flexibility index (Phi) is 7.19. The van der Waals surface area contributed by atoms with E-state index in [-0.39, 0.29) is 0 Å². The van der Waals surface area contributed by atoms with Crippen molar-refractivity contribution in [3.63, 3.8) is 0 Å². The number of nitrogens with zero attached hydrogens (tertiary/aromatic N) is 6. The number of hydrogen-bond acceptors (Lipinski definition) is 5. The lowest BCUT2D eigenvalue weighted by Crippen LogP contribution is -2.44. The van der Waals surface area contributed by atoms with E-state index in [1.165, 1.54) is 38.8 Å². The van der Waals surface area contributed by atoms with Crippen LogP contribution in [-0.2, 0) is 19.6 Å². The van der Waals surface area contributed by atoms with Gasteiger partial charge in [0, 0.05) is 93.3 Å². The fourth-order valence-corrected chi connectivity index (χ4v) is 6.05. The van der Waals surface area contributed by atoms with Gasteiger partial charge in [0.2, 0.25) is 0 Å². The smallest absolute Gasteiger partial charge is 0.0790 e. The highest BCUT2D eigenvalue weighted by Crippen LogP contribution is 2.33. The summed E-state index contributed by atoms with van der Waals surface area (Å²) in [6, 6.07) is 19.4. The molecule has 7 heteroatoms. The number of likely N-dealkylation sites (N-methyl/N-ethyl adjacent to an activating group) is 2. The van der Waals surface area contributed by atoms with Gasteiger partial charge in [-0.25, -0.2) is 0 Å². The average molecular weight is 517 g/mol. The van der Waals surface area contributed by atoms with Crippen LogP contribution in [-0.4, -0.2) is 95.6 Å². The molecule has 194 valence electrons. The van der Waals surface area contributed by atoms with Gasteiger partial charge >= 0.3 is 0 Å². The minimum absolute atomic E-state index is 0.778. The van der Waals surface area contributed by atoms with E-state index in [9.17, 15) is 0 Å². The van der Waals surface area contributed by atoms with Crippen molar-refractivity contribution in [1.29, 1.82) is 0 Å². The number of rotatable bonds is 6. The Morgan fingerprint density at radius 1 is 0.703 bits per heavy atom. The molecule has 6 nitrogen and oxygen atoms in total. The molecular formula is C30H37ClN6. The van der Waals surface area contributed by atoms with E-state index in [4.69, 9.17) is 16.6 Å². The van der Waals surface area contributed by atoms with Gasteiger partial charge in [-0.15, -0.1) is 0 Å². The molecule has 2 fully saturated rings. The molecule has 0 amide bonds. The Morgan fingerprint density at radius 2 is 1.38 bits per heavy atom. The van der Waals surface area contributed by atoms with Crippen LogP contribution in [0, 0.1) is 0 Å². The molecule has 37 heavy (non-hydrogen) atoms. The van der Waals surface area contributed by atoms with Gasteiger partial charge in [-0.3, -0.25) is 14.8 Å². The van der Waals surface area contributed by atoms with E-state index in [1.807, 2.05) is 12.1 Å². The lowest BCUT2D eigenvalue weighted by Gasteiger charge is -2.33. The van der Waals surface area contributed by atoms with Gasteiger partial charge in [-0.1, -0.05) is 41.9 Å². The molecule has 0 saturated carbocycles. The number of benzene rings is 2. The van der Waals surface area contributed by atoms with Gasteiger partial charge in [0.25, 0.3) is 0 Å². The molecule has 2 aromatic heterocycles. The zero-order chi connectivity index (χ0) is 25.4. The van der Waals surface area contributed by atoms with Crippen LogP contribution >= 0.6 is 11.6 Å². The number of aromatic nitrogens is 2. The van der Waals surface area contributed by atoms with E-state index < -0.39 is 0 Å². The third kappa shape index (κ3) is 5.40. The second kappa shape index (κ2) is 10.7. The Labute approximate surface area is 225 Å². The topological polar surface area (TPSA) is 30.8 Å². The number of pyridine rings is 1. The Morgan fingerprint density at radius 3 is 2.08 bits per heavy atom. The van der Waals surface area contributed by atoms with Crippen molar-refractivity contribution in [1.82, 2.24) is 29.2 Å². The van der Waals surface area contributed by atoms with Gasteiger partial charge in [0.05, 0.1) is 16.9 Å². The largest absolute Gasteiger partial charge is 0.334 e. The lowest BCUT2D eigenvalue weighted by molar-refractivity contribution is 0.144. The fourth-order valence-electron chi connectivity index (χ4n) is 5.84. The molecule has 4 aromatic rings. The summed E-state index contributed by atoms with van der Waals surface area (Å²) in [5.74, 6) is 0. The fraction of sp³-hybridized carbons (Fsp3) is 0.433. The molecule has 2 aromatic carbocycles. The highest BCUT2D eigenvalue weighted by molar-refractivity contribution is 6.30. The van der Waals surface area contributed by atoms with Crippen molar-refractivity contribution in [2.45, 2.75) is 19.6 Å². The number of halogens is 1. The molecule has 4 heterocycles. The molecule has 2 aliphatic rings. The van der Waals surface area contributed by atoms with Crippen LogP contribution in [0.25, 0.3) is 21.8 Å². The van der Waals surface area contributed by atoms with Crippen molar-refractivity contribution in [3.05, 3.63) is 76.6 Å². The van der Waals surface area contributed by atoms with Crippen LogP contribution in [0.2, 0.25) is 5.02 Å². The summed E-state index contributed by atoms with van der Waals surface area (Å²) >= 11 is 6.38. The second-order valence-electron chi connectivity index (χ2n) is 10.8. The highest BCUT2D eigenvalue weighted by atomic mass is 35.5. The molecule has 2 aliphatic heterocycles.